The Balaban J connectivity index is 4.96. The van der Waals surface area contributed by atoms with Gasteiger partial charge in [-0.25, -0.2) is 0 Å². The molecule has 0 fully saturated rings. The van der Waals surface area contributed by atoms with Gasteiger partial charge >= 0.3 is 0 Å². The van der Waals surface area contributed by atoms with Gasteiger partial charge in [-0.2, -0.15) is 0 Å². The Morgan fingerprint density at radius 3 is 1.25 bits per heavy atom. The van der Waals surface area contributed by atoms with Crippen LogP contribution in [0.3, 0.4) is 0 Å². The maximum absolute atomic E-state index is 10.1. The minimum Gasteiger partial charge on any atom is -0.394 e. The van der Waals surface area contributed by atoms with Gasteiger partial charge in [0.25, 0.3) is 0 Å². The summed E-state index contributed by atoms with van der Waals surface area (Å²) in [6.07, 6.45) is -12.5. The summed E-state index contributed by atoms with van der Waals surface area (Å²) in [6.45, 7) is -1.51. The van der Waals surface area contributed by atoms with Gasteiger partial charge in [-0.1, -0.05) is 0 Å². The quantitative estimate of drug-likeness (QED) is 0.106. The van der Waals surface area contributed by atoms with E-state index in [4.69, 9.17) is 15.9 Å². The molecule has 0 aromatic heterocycles. The van der Waals surface area contributed by atoms with Crippen LogP contribution in [-0.4, -0.2) is 144 Å². The maximum Gasteiger partial charge on any atom is 0.111 e. The van der Waals surface area contributed by atoms with Crippen molar-refractivity contribution < 1.29 is 51.1 Å². The van der Waals surface area contributed by atoms with E-state index in [9.17, 15) is 40.9 Å². The molecule has 0 aliphatic rings. The van der Waals surface area contributed by atoms with Crippen LogP contribution in [0.5, 0.6) is 0 Å². The zero-order chi connectivity index (χ0) is 21.9. The van der Waals surface area contributed by atoms with Gasteiger partial charge < -0.3 is 56.8 Å². The number of unbranched alkanes of at least 4 members (excludes halogenated alkanes) is 1. The summed E-state index contributed by atoms with van der Waals surface area (Å²) in [5, 5.41) is 95.8. The predicted octanol–water partition coefficient (Wildman–Crippen LogP) is -6.10. The molecule has 0 radical (unpaired) electrons. The van der Waals surface area contributed by atoms with E-state index in [0.29, 0.717) is 19.4 Å². The van der Waals surface area contributed by atoms with E-state index in [0.717, 1.165) is 0 Å². The molecule has 28 heavy (non-hydrogen) atoms. The summed E-state index contributed by atoms with van der Waals surface area (Å²) in [7, 11) is 0. The lowest BCUT2D eigenvalue weighted by Crippen LogP contribution is -2.53. The van der Waals surface area contributed by atoms with Gasteiger partial charge in [0.15, 0.2) is 0 Å². The Morgan fingerprint density at radius 1 is 0.571 bits per heavy atom. The van der Waals surface area contributed by atoms with Crippen molar-refractivity contribution in [3.05, 3.63) is 0 Å². The summed E-state index contributed by atoms with van der Waals surface area (Å²) in [6, 6.07) is 0. The lowest BCUT2D eigenvalue weighted by molar-refractivity contribution is -0.130. The monoisotopic (exact) mass is 416 g/mol. The fraction of sp³-hybridized carbons (Fsp3) is 1.00. The highest BCUT2D eigenvalue weighted by molar-refractivity contribution is 4.86. The molecule has 0 aliphatic heterocycles. The highest BCUT2D eigenvalue weighted by Crippen LogP contribution is 2.11. The second-order valence-electron chi connectivity index (χ2n) is 6.85. The van der Waals surface area contributed by atoms with Crippen LogP contribution in [0.15, 0.2) is 0 Å². The highest BCUT2D eigenvalue weighted by Gasteiger charge is 2.34. The first-order valence-corrected chi connectivity index (χ1v) is 9.19. The Labute approximate surface area is 163 Å². The third kappa shape index (κ3) is 9.35. The summed E-state index contributed by atoms with van der Waals surface area (Å²) < 4.78 is 0. The average molecular weight is 416 g/mol. The van der Waals surface area contributed by atoms with Crippen LogP contribution in [0.2, 0.25) is 0 Å². The summed E-state index contributed by atoms with van der Waals surface area (Å²) >= 11 is 0. The van der Waals surface area contributed by atoms with Gasteiger partial charge in [0.05, 0.1) is 25.4 Å². The third-order valence-electron chi connectivity index (χ3n) is 4.47. The van der Waals surface area contributed by atoms with Crippen LogP contribution in [0.1, 0.15) is 12.8 Å². The van der Waals surface area contributed by atoms with E-state index in [2.05, 4.69) is 0 Å². The molecule has 0 amide bonds. The molecular formula is C16H36N2O10. The zero-order valence-electron chi connectivity index (χ0n) is 15.8. The molecule has 0 aromatic carbocycles. The van der Waals surface area contributed by atoms with Gasteiger partial charge in [0.1, 0.15) is 36.6 Å². The second-order valence-corrected chi connectivity index (χ2v) is 6.85. The number of rotatable bonds is 16. The number of nitrogens with zero attached hydrogens (tertiary/aromatic N) is 1. The first-order valence-electron chi connectivity index (χ1n) is 9.19. The van der Waals surface area contributed by atoms with E-state index in [-0.39, 0.29) is 19.6 Å². The fourth-order valence-electron chi connectivity index (χ4n) is 2.61. The molecule has 0 aliphatic carbocycles. The van der Waals surface area contributed by atoms with Gasteiger partial charge in [0.2, 0.25) is 0 Å². The SMILES string of the molecule is NCCCCN(C[C@H](O)[C@@H](O)[C@H](O)[C@H](O)CO)C[C@H](O)[C@@H](O)[C@H](O)[C@H](O)CO. The van der Waals surface area contributed by atoms with Crippen LogP contribution < -0.4 is 5.73 Å². The normalized spacial score (nSPS) is 21.0. The third-order valence-corrected chi connectivity index (χ3v) is 4.47. The molecule has 12 heteroatoms. The average Bonchev–Trinajstić information content (AvgIpc) is 2.69. The van der Waals surface area contributed by atoms with Crippen molar-refractivity contribution in [1.82, 2.24) is 4.90 Å². The molecule has 0 spiro atoms. The van der Waals surface area contributed by atoms with Crippen molar-refractivity contribution in [1.29, 1.82) is 0 Å². The molecule has 0 bridgehead atoms. The summed E-state index contributed by atoms with van der Waals surface area (Å²) in [4.78, 5) is 1.44. The van der Waals surface area contributed by atoms with Crippen molar-refractivity contribution in [2.75, 3.05) is 39.4 Å². The molecular weight excluding hydrogens is 380 g/mol. The van der Waals surface area contributed by atoms with Crippen molar-refractivity contribution in [2.24, 2.45) is 5.73 Å². The van der Waals surface area contributed by atoms with Gasteiger partial charge in [-0.15, -0.1) is 0 Å². The van der Waals surface area contributed by atoms with Crippen molar-refractivity contribution in [2.45, 2.75) is 61.7 Å². The smallest absolute Gasteiger partial charge is 0.111 e. The number of nitrogens with two attached hydrogens (primary N) is 1. The van der Waals surface area contributed by atoms with E-state index in [1.807, 2.05) is 0 Å². The minimum absolute atomic E-state index is 0.274. The lowest BCUT2D eigenvalue weighted by atomic mass is 10.0. The highest BCUT2D eigenvalue weighted by atomic mass is 16.4. The molecule has 8 atom stereocenters. The zero-order valence-corrected chi connectivity index (χ0v) is 15.8. The molecule has 0 rings (SSSR count). The van der Waals surface area contributed by atoms with Crippen LogP contribution in [-0.2, 0) is 0 Å². The Bertz CT molecular complexity index is 364. The van der Waals surface area contributed by atoms with Crippen LogP contribution >= 0.6 is 0 Å². The first kappa shape index (κ1) is 27.5. The van der Waals surface area contributed by atoms with Crippen LogP contribution in [0, 0.1) is 0 Å². The fourth-order valence-corrected chi connectivity index (χ4v) is 2.61. The number of aliphatic hydroxyl groups excluding tert-OH is 10. The summed E-state index contributed by atoms with van der Waals surface area (Å²) in [5.74, 6) is 0. The van der Waals surface area contributed by atoms with E-state index in [1.54, 1.807) is 0 Å². The second kappa shape index (κ2) is 14.5. The standard InChI is InChI=1S/C16H36N2O10/c17-3-1-2-4-18(5-9(21)13(25)15(27)11(23)7-19)6-10(22)14(26)16(28)12(24)8-20/h9-16,19-28H,1-8,17H2/t9-,10-,11+,12+,13+,14+,15+,16+/m0/s1. The Kier molecular flexibility index (Phi) is 14.2. The molecule has 0 saturated carbocycles. The van der Waals surface area contributed by atoms with Gasteiger partial charge in [0, 0.05) is 13.1 Å². The van der Waals surface area contributed by atoms with E-state index < -0.39 is 62.0 Å². The largest absolute Gasteiger partial charge is 0.394 e. The molecule has 0 heterocycles. The lowest BCUT2D eigenvalue weighted by Gasteiger charge is -2.33. The number of hydrogen-bond donors (Lipinski definition) is 11. The Hall–Kier alpha value is -0.480. The van der Waals surface area contributed by atoms with Crippen molar-refractivity contribution >= 4 is 0 Å². The maximum atomic E-state index is 10.1. The van der Waals surface area contributed by atoms with Crippen LogP contribution in [0.4, 0.5) is 0 Å². The molecule has 0 unspecified atom stereocenters. The molecule has 0 aromatic rings. The molecule has 12 N–H and O–H groups in total. The van der Waals surface area contributed by atoms with Gasteiger partial charge in [-0.05, 0) is 25.9 Å². The molecule has 12 nitrogen and oxygen atoms in total. The van der Waals surface area contributed by atoms with Gasteiger partial charge in [-0.3, -0.25) is 4.90 Å². The molecule has 0 saturated heterocycles. The van der Waals surface area contributed by atoms with E-state index >= 15 is 0 Å². The predicted molar refractivity (Wildman–Crippen MR) is 97.0 cm³/mol. The summed E-state index contributed by atoms with van der Waals surface area (Å²) in [5.41, 5.74) is 5.42. The number of hydrogen-bond acceptors (Lipinski definition) is 12. The van der Waals surface area contributed by atoms with Crippen molar-refractivity contribution in [3.8, 4) is 0 Å². The van der Waals surface area contributed by atoms with Crippen molar-refractivity contribution in [3.63, 3.8) is 0 Å². The minimum atomic E-state index is -1.80. The molecule has 170 valence electrons. The number of aliphatic hydroxyl groups is 10. The van der Waals surface area contributed by atoms with Crippen LogP contribution in [0.25, 0.3) is 0 Å². The van der Waals surface area contributed by atoms with E-state index in [1.165, 1.54) is 4.90 Å². The first-order chi connectivity index (χ1) is 13.1. The Morgan fingerprint density at radius 2 is 0.929 bits per heavy atom. The topological polar surface area (TPSA) is 232 Å².